The normalized spacial score (nSPS) is 19.4. The van der Waals surface area contributed by atoms with Gasteiger partial charge in [0.15, 0.2) is 0 Å². The third-order valence-corrected chi connectivity index (χ3v) is 7.27. The Balaban J connectivity index is 1.21. The fourth-order valence-electron chi connectivity index (χ4n) is 5.07. The number of rotatable bonds is 4. The molecule has 0 bridgehead atoms. The molecule has 176 valence electrons. The van der Waals surface area contributed by atoms with Gasteiger partial charge in [-0.3, -0.25) is 4.79 Å². The summed E-state index contributed by atoms with van der Waals surface area (Å²) in [6.07, 6.45) is 3.43. The third-order valence-electron chi connectivity index (χ3n) is 7.27. The average molecular weight is 450 g/mol. The van der Waals surface area contributed by atoms with E-state index in [0.717, 1.165) is 74.6 Å². The van der Waals surface area contributed by atoms with E-state index in [2.05, 4.69) is 39.5 Å². The minimum atomic E-state index is 0.111. The van der Waals surface area contributed by atoms with E-state index in [1.54, 1.807) is 0 Å². The number of benzene rings is 1. The standard InChI is InChI=1S/C25H35N7O/c1-18-8-11-30(12-9-18)20-5-3-19(4-6-20)24(33)31-13-15-32(16-14-31)25-28-22-17-27-10-7-21(22)23(26-2)29-25/h3-6,18,27H,7-17H2,1-2H3,(H,26,28,29). The highest BCUT2D eigenvalue weighted by Crippen LogP contribution is 2.25. The number of amides is 1. The summed E-state index contributed by atoms with van der Waals surface area (Å²) in [5.41, 5.74) is 4.29. The summed E-state index contributed by atoms with van der Waals surface area (Å²) in [6, 6.07) is 8.18. The fraction of sp³-hybridized carbons (Fsp3) is 0.560. The SMILES string of the molecule is CNc1nc(N2CCN(C(=O)c3ccc(N4CCC(C)CC4)cc3)CC2)nc2c1CCNC2. The second kappa shape index (κ2) is 9.55. The lowest BCUT2D eigenvalue weighted by molar-refractivity contribution is 0.0746. The summed E-state index contributed by atoms with van der Waals surface area (Å²) in [7, 11) is 1.92. The monoisotopic (exact) mass is 449 g/mol. The third kappa shape index (κ3) is 4.62. The molecule has 3 aliphatic rings. The molecule has 8 heteroatoms. The van der Waals surface area contributed by atoms with E-state index in [-0.39, 0.29) is 5.91 Å². The quantitative estimate of drug-likeness (QED) is 0.742. The Bertz CT molecular complexity index is 960. The zero-order valence-corrected chi connectivity index (χ0v) is 19.8. The van der Waals surface area contributed by atoms with Crippen molar-refractivity contribution in [3.63, 3.8) is 0 Å². The zero-order valence-electron chi connectivity index (χ0n) is 19.8. The molecule has 3 aliphatic heterocycles. The van der Waals surface area contributed by atoms with Gasteiger partial charge in [0.2, 0.25) is 5.95 Å². The number of fused-ring (bicyclic) bond motifs is 1. The topological polar surface area (TPSA) is 76.6 Å². The van der Waals surface area contributed by atoms with Crippen LogP contribution in [0.15, 0.2) is 24.3 Å². The van der Waals surface area contributed by atoms with E-state index in [9.17, 15) is 4.79 Å². The van der Waals surface area contributed by atoms with Gasteiger partial charge in [0.25, 0.3) is 5.91 Å². The largest absolute Gasteiger partial charge is 0.373 e. The molecule has 0 atom stereocenters. The number of carbonyl (C=O) groups is 1. The summed E-state index contributed by atoms with van der Waals surface area (Å²) in [5.74, 6) is 2.61. The molecule has 0 spiro atoms. The highest BCUT2D eigenvalue weighted by atomic mass is 16.2. The maximum atomic E-state index is 13.1. The van der Waals surface area contributed by atoms with Crippen molar-refractivity contribution in [2.75, 3.05) is 68.0 Å². The van der Waals surface area contributed by atoms with Crippen LogP contribution in [0.5, 0.6) is 0 Å². The van der Waals surface area contributed by atoms with E-state index in [1.807, 2.05) is 24.1 Å². The minimum absolute atomic E-state index is 0.111. The molecule has 5 rings (SSSR count). The fourth-order valence-corrected chi connectivity index (χ4v) is 5.07. The molecule has 4 heterocycles. The zero-order chi connectivity index (χ0) is 22.8. The lowest BCUT2D eigenvalue weighted by Crippen LogP contribution is -2.49. The van der Waals surface area contributed by atoms with Crippen LogP contribution in [0.3, 0.4) is 0 Å². The van der Waals surface area contributed by atoms with E-state index in [1.165, 1.54) is 24.1 Å². The average Bonchev–Trinajstić information content (AvgIpc) is 2.88. The van der Waals surface area contributed by atoms with Gasteiger partial charge in [-0.05, 0) is 56.0 Å². The summed E-state index contributed by atoms with van der Waals surface area (Å²) in [5, 5.41) is 6.64. The number of carbonyl (C=O) groups excluding carboxylic acids is 1. The minimum Gasteiger partial charge on any atom is -0.373 e. The van der Waals surface area contributed by atoms with Crippen molar-refractivity contribution in [3.8, 4) is 0 Å². The highest BCUT2D eigenvalue weighted by Gasteiger charge is 2.26. The Labute approximate surface area is 196 Å². The molecule has 2 N–H and O–H groups in total. The van der Waals surface area contributed by atoms with Gasteiger partial charge < -0.3 is 25.3 Å². The maximum absolute atomic E-state index is 13.1. The smallest absolute Gasteiger partial charge is 0.253 e. The molecule has 1 aromatic carbocycles. The van der Waals surface area contributed by atoms with Gasteiger partial charge in [-0.25, -0.2) is 4.98 Å². The molecule has 2 aromatic rings. The number of hydrogen-bond acceptors (Lipinski definition) is 7. The number of anilines is 3. The van der Waals surface area contributed by atoms with E-state index in [4.69, 9.17) is 9.97 Å². The molecule has 1 aromatic heterocycles. The number of piperidine rings is 1. The molecule has 0 unspecified atom stereocenters. The molecule has 1 amide bonds. The molecule has 8 nitrogen and oxygen atoms in total. The lowest BCUT2D eigenvalue weighted by atomic mass is 9.98. The van der Waals surface area contributed by atoms with E-state index < -0.39 is 0 Å². The number of aromatic nitrogens is 2. The molecule has 2 fully saturated rings. The van der Waals surface area contributed by atoms with Crippen molar-refractivity contribution < 1.29 is 4.79 Å². The lowest BCUT2D eigenvalue weighted by Gasteiger charge is -2.35. The second-order valence-corrected chi connectivity index (χ2v) is 9.47. The summed E-state index contributed by atoms with van der Waals surface area (Å²) in [4.78, 5) is 29.3. The van der Waals surface area contributed by atoms with Gasteiger partial charge in [0, 0.05) is 69.7 Å². The Hall–Kier alpha value is -2.87. The summed E-state index contributed by atoms with van der Waals surface area (Å²) >= 11 is 0. The van der Waals surface area contributed by atoms with E-state index in [0.29, 0.717) is 13.1 Å². The van der Waals surface area contributed by atoms with Crippen molar-refractivity contribution >= 4 is 23.4 Å². The molecular formula is C25H35N7O. The molecular weight excluding hydrogens is 414 g/mol. The number of nitrogens with zero attached hydrogens (tertiary/aromatic N) is 5. The van der Waals surface area contributed by atoms with Crippen LogP contribution in [-0.2, 0) is 13.0 Å². The van der Waals surface area contributed by atoms with Crippen LogP contribution in [0.1, 0.15) is 41.4 Å². The summed E-state index contributed by atoms with van der Waals surface area (Å²) in [6.45, 7) is 9.12. The van der Waals surface area contributed by atoms with Gasteiger partial charge in [-0.1, -0.05) is 6.92 Å². The van der Waals surface area contributed by atoms with Gasteiger partial charge >= 0.3 is 0 Å². The Morgan fingerprint density at radius 3 is 2.42 bits per heavy atom. The first-order valence-corrected chi connectivity index (χ1v) is 12.3. The Morgan fingerprint density at radius 1 is 1.00 bits per heavy atom. The predicted molar refractivity (Wildman–Crippen MR) is 132 cm³/mol. The number of piperazine rings is 1. The molecule has 33 heavy (non-hydrogen) atoms. The summed E-state index contributed by atoms with van der Waals surface area (Å²) < 4.78 is 0. The van der Waals surface area contributed by atoms with Gasteiger partial charge in [-0.15, -0.1) is 0 Å². The van der Waals surface area contributed by atoms with Gasteiger partial charge in [0.05, 0.1) is 5.69 Å². The number of nitrogens with one attached hydrogen (secondary N) is 2. The van der Waals surface area contributed by atoms with Crippen LogP contribution in [0.2, 0.25) is 0 Å². The van der Waals surface area contributed by atoms with Crippen molar-refractivity contribution in [1.82, 2.24) is 20.2 Å². The first-order chi connectivity index (χ1) is 16.1. The first-order valence-electron chi connectivity index (χ1n) is 12.3. The van der Waals surface area contributed by atoms with Crippen molar-refractivity contribution in [2.24, 2.45) is 5.92 Å². The van der Waals surface area contributed by atoms with Gasteiger partial charge in [-0.2, -0.15) is 4.98 Å². The van der Waals surface area contributed by atoms with Crippen LogP contribution in [0.25, 0.3) is 0 Å². The van der Waals surface area contributed by atoms with Crippen molar-refractivity contribution in [3.05, 3.63) is 41.1 Å². The molecule has 0 aliphatic carbocycles. The Morgan fingerprint density at radius 2 is 1.73 bits per heavy atom. The van der Waals surface area contributed by atoms with Crippen LogP contribution >= 0.6 is 0 Å². The van der Waals surface area contributed by atoms with Crippen molar-refractivity contribution in [2.45, 2.75) is 32.7 Å². The van der Waals surface area contributed by atoms with Gasteiger partial charge in [0.1, 0.15) is 5.82 Å². The maximum Gasteiger partial charge on any atom is 0.253 e. The van der Waals surface area contributed by atoms with Crippen molar-refractivity contribution in [1.29, 1.82) is 0 Å². The Kier molecular flexibility index (Phi) is 6.35. The van der Waals surface area contributed by atoms with Crippen LogP contribution in [-0.4, -0.2) is 73.6 Å². The van der Waals surface area contributed by atoms with E-state index >= 15 is 0 Å². The molecule has 0 radical (unpaired) electrons. The molecule has 2 saturated heterocycles. The van der Waals surface area contributed by atoms with Crippen LogP contribution in [0.4, 0.5) is 17.5 Å². The number of hydrogen-bond donors (Lipinski definition) is 2. The molecule has 0 saturated carbocycles. The second-order valence-electron chi connectivity index (χ2n) is 9.47. The first kappa shape index (κ1) is 21.9. The van der Waals surface area contributed by atoms with Crippen LogP contribution in [0, 0.1) is 5.92 Å². The predicted octanol–water partition coefficient (Wildman–Crippen LogP) is 2.36. The highest BCUT2D eigenvalue weighted by molar-refractivity contribution is 5.94. The van der Waals surface area contributed by atoms with Crippen LogP contribution < -0.4 is 20.4 Å².